The monoisotopic (exact) mass is 308 g/mol. The van der Waals surface area contributed by atoms with Gasteiger partial charge in [-0.2, -0.15) is 0 Å². The van der Waals surface area contributed by atoms with Gasteiger partial charge >= 0.3 is 12.1 Å². The van der Waals surface area contributed by atoms with Crippen molar-refractivity contribution >= 4 is 24.5 Å². The lowest BCUT2D eigenvalue weighted by Crippen LogP contribution is -2.10. The lowest BCUT2D eigenvalue weighted by Gasteiger charge is -2.06. The molecule has 0 saturated heterocycles. The smallest absolute Gasteiger partial charge is 0.478 e. The standard InChI is InChI=1S/C15H12O5.ClH/c16-14(17)12-6-8-13(9-7-12)20-15(18)19-10-11-4-2-1-3-5-11;/h1-9H,10H2,(H,16,17);1H. The highest BCUT2D eigenvalue weighted by atomic mass is 35.5. The molecule has 0 atom stereocenters. The molecule has 5 nitrogen and oxygen atoms in total. The molecule has 0 amide bonds. The number of benzene rings is 2. The molecule has 2 rings (SSSR count). The van der Waals surface area contributed by atoms with Crippen molar-refractivity contribution in [2.45, 2.75) is 6.61 Å². The molecule has 0 unspecified atom stereocenters. The Morgan fingerprint density at radius 3 is 2.14 bits per heavy atom. The van der Waals surface area contributed by atoms with Gasteiger partial charge in [-0.25, -0.2) is 9.59 Å². The van der Waals surface area contributed by atoms with Crippen molar-refractivity contribution in [2.75, 3.05) is 0 Å². The van der Waals surface area contributed by atoms with Crippen molar-refractivity contribution in [3.63, 3.8) is 0 Å². The first-order chi connectivity index (χ1) is 9.65. The van der Waals surface area contributed by atoms with E-state index >= 15 is 0 Å². The molecule has 2 aromatic rings. The Balaban J connectivity index is 0.00000220. The SMILES string of the molecule is Cl.O=C(OCc1ccccc1)Oc1ccc(C(=O)O)cc1. The van der Waals surface area contributed by atoms with Gasteiger partial charge in [-0.15, -0.1) is 12.4 Å². The zero-order valence-corrected chi connectivity index (χ0v) is 11.7. The Kier molecular flexibility index (Phi) is 6.23. The molecule has 0 saturated carbocycles. The minimum atomic E-state index is -1.04. The van der Waals surface area contributed by atoms with Crippen molar-refractivity contribution in [1.82, 2.24) is 0 Å². The van der Waals surface area contributed by atoms with Crippen molar-refractivity contribution < 1.29 is 24.2 Å². The molecule has 2 aromatic carbocycles. The molecule has 0 bridgehead atoms. The molecule has 0 aliphatic rings. The Bertz CT molecular complexity index is 595. The molecule has 0 spiro atoms. The van der Waals surface area contributed by atoms with Crippen LogP contribution in [-0.2, 0) is 11.3 Å². The molecule has 0 heterocycles. The summed E-state index contributed by atoms with van der Waals surface area (Å²) in [5.74, 6) is -0.809. The van der Waals surface area contributed by atoms with Gasteiger partial charge in [0.05, 0.1) is 5.56 Å². The van der Waals surface area contributed by atoms with Crippen LogP contribution < -0.4 is 4.74 Å². The zero-order chi connectivity index (χ0) is 14.4. The molecule has 1 N–H and O–H groups in total. The highest BCUT2D eigenvalue weighted by molar-refractivity contribution is 5.87. The van der Waals surface area contributed by atoms with E-state index in [4.69, 9.17) is 14.6 Å². The average molecular weight is 309 g/mol. The predicted molar refractivity (Wildman–Crippen MR) is 77.9 cm³/mol. The average Bonchev–Trinajstić information content (AvgIpc) is 2.47. The normalized spacial score (nSPS) is 9.33. The van der Waals surface area contributed by atoms with Crippen LogP contribution in [0.15, 0.2) is 54.6 Å². The molecule has 0 fully saturated rings. The third-order valence-electron chi connectivity index (χ3n) is 2.50. The van der Waals surface area contributed by atoms with Crippen LogP contribution in [0.3, 0.4) is 0 Å². The summed E-state index contributed by atoms with van der Waals surface area (Å²) in [6.45, 7) is 0.118. The zero-order valence-electron chi connectivity index (χ0n) is 10.9. The third-order valence-corrected chi connectivity index (χ3v) is 2.50. The number of carboxylic acid groups (broad SMARTS) is 1. The van der Waals surface area contributed by atoms with Gasteiger partial charge in [0.1, 0.15) is 12.4 Å². The van der Waals surface area contributed by atoms with Gasteiger partial charge in [0.25, 0.3) is 0 Å². The van der Waals surface area contributed by atoms with Gasteiger partial charge in [0.2, 0.25) is 0 Å². The second-order valence-corrected chi connectivity index (χ2v) is 3.96. The summed E-state index contributed by atoms with van der Waals surface area (Å²) in [6.07, 6.45) is -0.836. The van der Waals surface area contributed by atoms with E-state index in [-0.39, 0.29) is 30.3 Å². The van der Waals surface area contributed by atoms with E-state index in [9.17, 15) is 9.59 Å². The molecular weight excluding hydrogens is 296 g/mol. The first-order valence-electron chi connectivity index (χ1n) is 5.87. The molecular formula is C15H13ClO5. The van der Waals surface area contributed by atoms with E-state index in [1.54, 1.807) is 0 Å². The number of rotatable bonds is 4. The van der Waals surface area contributed by atoms with E-state index in [0.717, 1.165) is 5.56 Å². The third kappa shape index (κ3) is 5.16. The van der Waals surface area contributed by atoms with Crippen LogP contribution in [0.2, 0.25) is 0 Å². The van der Waals surface area contributed by atoms with E-state index in [0.29, 0.717) is 0 Å². The Morgan fingerprint density at radius 2 is 1.57 bits per heavy atom. The first kappa shape index (κ1) is 16.5. The van der Waals surface area contributed by atoms with Crippen LogP contribution in [0.5, 0.6) is 5.75 Å². The summed E-state index contributed by atoms with van der Waals surface area (Å²) in [4.78, 5) is 22.1. The topological polar surface area (TPSA) is 72.8 Å². The minimum Gasteiger partial charge on any atom is -0.478 e. The highest BCUT2D eigenvalue weighted by Crippen LogP contribution is 2.13. The minimum absolute atomic E-state index is 0. The maximum Gasteiger partial charge on any atom is 0.514 e. The fourth-order valence-electron chi connectivity index (χ4n) is 1.51. The second-order valence-electron chi connectivity index (χ2n) is 3.96. The molecule has 110 valence electrons. The predicted octanol–water partition coefficient (Wildman–Crippen LogP) is 3.52. The summed E-state index contributed by atoms with van der Waals surface area (Å²) in [6, 6.07) is 14.7. The summed E-state index contributed by atoms with van der Waals surface area (Å²) >= 11 is 0. The van der Waals surface area contributed by atoms with Crippen LogP contribution in [0.4, 0.5) is 4.79 Å². The molecule has 0 radical (unpaired) electrons. The van der Waals surface area contributed by atoms with Gasteiger partial charge in [-0.3, -0.25) is 0 Å². The van der Waals surface area contributed by atoms with Crippen LogP contribution in [-0.4, -0.2) is 17.2 Å². The first-order valence-corrected chi connectivity index (χ1v) is 5.87. The second kappa shape index (κ2) is 7.91. The van der Waals surface area contributed by atoms with Crippen LogP contribution in [0, 0.1) is 0 Å². The van der Waals surface area contributed by atoms with Crippen LogP contribution in [0.25, 0.3) is 0 Å². The molecule has 0 aromatic heterocycles. The van der Waals surface area contributed by atoms with Gasteiger partial charge < -0.3 is 14.6 Å². The molecule has 0 aliphatic carbocycles. The Labute approximate surface area is 127 Å². The van der Waals surface area contributed by atoms with Crippen molar-refractivity contribution in [3.05, 3.63) is 65.7 Å². The number of hydrogen-bond acceptors (Lipinski definition) is 4. The summed E-state index contributed by atoms with van der Waals surface area (Å²) < 4.78 is 9.85. The number of carbonyl (C=O) groups is 2. The van der Waals surface area contributed by atoms with Gasteiger partial charge in [0.15, 0.2) is 0 Å². The van der Waals surface area contributed by atoms with Gasteiger partial charge in [-0.1, -0.05) is 30.3 Å². The fraction of sp³-hybridized carbons (Fsp3) is 0.0667. The summed E-state index contributed by atoms with van der Waals surface area (Å²) in [5, 5.41) is 8.74. The maximum absolute atomic E-state index is 11.4. The Morgan fingerprint density at radius 1 is 0.952 bits per heavy atom. The molecule has 6 heteroatoms. The van der Waals surface area contributed by atoms with E-state index in [1.807, 2.05) is 30.3 Å². The van der Waals surface area contributed by atoms with Crippen LogP contribution in [0.1, 0.15) is 15.9 Å². The highest BCUT2D eigenvalue weighted by Gasteiger charge is 2.08. The number of ether oxygens (including phenoxy) is 2. The Hall–Kier alpha value is -2.53. The van der Waals surface area contributed by atoms with E-state index in [1.165, 1.54) is 24.3 Å². The maximum atomic E-state index is 11.4. The molecule has 21 heavy (non-hydrogen) atoms. The van der Waals surface area contributed by atoms with Gasteiger partial charge in [-0.05, 0) is 29.8 Å². The van der Waals surface area contributed by atoms with E-state index in [2.05, 4.69) is 0 Å². The number of halogens is 1. The van der Waals surface area contributed by atoms with E-state index < -0.39 is 12.1 Å². The fourth-order valence-corrected chi connectivity index (χ4v) is 1.51. The van der Waals surface area contributed by atoms with Crippen molar-refractivity contribution in [2.24, 2.45) is 0 Å². The number of aromatic carboxylic acids is 1. The molecule has 0 aliphatic heterocycles. The lowest BCUT2D eigenvalue weighted by atomic mass is 10.2. The van der Waals surface area contributed by atoms with Crippen molar-refractivity contribution in [3.8, 4) is 5.75 Å². The largest absolute Gasteiger partial charge is 0.514 e. The number of carbonyl (C=O) groups excluding carboxylic acids is 1. The lowest BCUT2D eigenvalue weighted by molar-refractivity contribution is 0.0697. The van der Waals surface area contributed by atoms with Crippen LogP contribution >= 0.6 is 12.4 Å². The number of carboxylic acids is 1. The quantitative estimate of drug-likeness (QED) is 0.691. The summed E-state index contributed by atoms with van der Waals surface area (Å²) in [7, 11) is 0. The van der Waals surface area contributed by atoms with Crippen molar-refractivity contribution in [1.29, 1.82) is 0 Å². The number of hydrogen-bond donors (Lipinski definition) is 1. The summed E-state index contributed by atoms with van der Waals surface area (Å²) in [5.41, 5.74) is 0.973. The van der Waals surface area contributed by atoms with Gasteiger partial charge in [0, 0.05) is 0 Å².